The van der Waals surface area contributed by atoms with Crippen LogP contribution in [-0.2, 0) is 6.54 Å². The molecule has 0 amide bonds. The number of piperidine rings is 1. The molecule has 0 aromatic heterocycles. The molecule has 180 valence electrons. The van der Waals surface area contributed by atoms with Crippen LogP contribution in [0.1, 0.15) is 73.8 Å². The SMILES string of the molecule is C=C(NCC)C1=NCC(c2cc(C(C)C)c(O)cc2C)=C1c1ccc(CN2CCCCC2)cc1. The lowest BCUT2D eigenvalue weighted by molar-refractivity contribution is 0.221. The minimum absolute atomic E-state index is 0.246. The van der Waals surface area contributed by atoms with E-state index in [9.17, 15) is 5.11 Å². The molecule has 2 aliphatic heterocycles. The zero-order valence-electron chi connectivity index (χ0n) is 21.2. The molecule has 1 fully saturated rings. The summed E-state index contributed by atoms with van der Waals surface area (Å²) >= 11 is 0. The number of rotatable bonds is 8. The number of hydrogen-bond donors (Lipinski definition) is 2. The summed E-state index contributed by atoms with van der Waals surface area (Å²) in [6, 6.07) is 13.1. The van der Waals surface area contributed by atoms with E-state index in [0.29, 0.717) is 12.3 Å². The minimum Gasteiger partial charge on any atom is -0.508 e. The van der Waals surface area contributed by atoms with Gasteiger partial charge in [0.25, 0.3) is 0 Å². The van der Waals surface area contributed by atoms with Crippen molar-refractivity contribution in [3.63, 3.8) is 0 Å². The van der Waals surface area contributed by atoms with Crippen molar-refractivity contribution in [1.82, 2.24) is 10.2 Å². The molecule has 2 N–H and O–H groups in total. The largest absolute Gasteiger partial charge is 0.508 e. The van der Waals surface area contributed by atoms with Crippen LogP contribution in [0.5, 0.6) is 5.75 Å². The summed E-state index contributed by atoms with van der Waals surface area (Å²) in [4.78, 5) is 7.50. The van der Waals surface area contributed by atoms with E-state index < -0.39 is 0 Å². The molecule has 0 aliphatic carbocycles. The molecule has 4 heteroatoms. The molecule has 0 spiro atoms. The van der Waals surface area contributed by atoms with Crippen molar-refractivity contribution in [3.05, 3.63) is 76.5 Å². The molecule has 0 unspecified atom stereocenters. The van der Waals surface area contributed by atoms with Crippen molar-refractivity contribution >= 4 is 16.9 Å². The second-order valence-electron chi connectivity index (χ2n) is 9.94. The minimum atomic E-state index is 0.246. The molecule has 0 atom stereocenters. The first-order chi connectivity index (χ1) is 16.4. The molecule has 2 heterocycles. The Morgan fingerprint density at radius 2 is 1.82 bits per heavy atom. The Morgan fingerprint density at radius 1 is 1.12 bits per heavy atom. The average molecular weight is 458 g/mol. The fraction of sp³-hybridized carbons (Fsp3) is 0.433. The van der Waals surface area contributed by atoms with Crippen molar-refractivity contribution in [2.45, 2.75) is 59.4 Å². The van der Waals surface area contributed by atoms with Crippen molar-refractivity contribution in [1.29, 1.82) is 0 Å². The lowest BCUT2D eigenvalue weighted by Crippen LogP contribution is -2.29. The summed E-state index contributed by atoms with van der Waals surface area (Å²) in [7, 11) is 0. The highest BCUT2D eigenvalue weighted by Crippen LogP contribution is 2.39. The lowest BCUT2D eigenvalue weighted by Gasteiger charge is -2.26. The molecule has 4 nitrogen and oxygen atoms in total. The quantitative estimate of drug-likeness (QED) is 0.489. The van der Waals surface area contributed by atoms with Crippen LogP contribution in [0, 0.1) is 6.92 Å². The number of aliphatic imine (C=N–C) groups is 1. The highest BCUT2D eigenvalue weighted by atomic mass is 16.3. The number of likely N-dealkylation sites (tertiary alicyclic amines) is 1. The first kappa shape index (κ1) is 24.3. The third-order valence-electron chi connectivity index (χ3n) is 7.03. The third kappa shape index (κ3) is 5.12. The van der Waals surface area contributed by atoms with Crippen LogP contribution in [0.2, 0.25) is 0 Å². The molecule has 0 bridgehead atoms. The van der Waals surface area contributed by atoms with Crippen LogP contribution >= 0.6 is 0 Å². The van der Waals surface area contributed by atoms with Crippen LogP contribution in [-0.4, -0.2) is 41.9 Å². The van der Waals surface area contributed by atoms with Crippen LogP contribution in [0.15, 0.2) is 53.7 Å². The molecule has 2 aromatic rings. The topological polar surface area (TPSA) is 47.9 Å². The van der Waals surface area contributed by atoms with Crippen LogP contribution in [0.4, 0.5) is 0 Å². The Bertz CT molecular complexity index is 1100. The van der Waals surface area contributed by atoms with Crippen LogP contribution in [0.3, 0.4) is 0 Å². The number of nitrogens with zero attached hydrogens (tertiary/aromatic N) is 2. The Balaban J connectivity index is 1.74. The number of aromatic hydroxyl groups is 1. The number of allylic oxidation sites excluding steroid dienone is 1. The highest BCUT2D eigenvalue weighted by Gasteiger charge is 2.26. The summed E-state index contributed by atoms with van der Waals surface area (Å²) in [5.41, 5.74) is 9.91. The van der Waals surface area contributed by atoms with Gasteiger partial charge in [-0.3, -0.25) is 9.89 Å². The van der Waals surface area contributed by atoms with Gasteiger partial charge in [0.05, 0.1) is 18.0 Å². The maximum atomic E-state index is 10.5. The molecular weight excluding hydrogens is 418 g/mol. The van der Waals surface area contributed by atoms with E-state index in [0.717, 1.165) is 46.8 Å². The second kappa shape index (κ2) is 10.6. The fourth-order valence-corrected chi connectivity index (χ4v) is 5.18. The van der Waals surface area contributed by atoms with Gasteiger partial charge in [-0.25, -0.2) is 0 Å². The summed E-state index contributed by atoms with van der Waals surface area (Å²) in [6.07, 6.45) is 3.98. The molecule has 0 radical (unpaired) electrons. The maximum Gasteiger partial charge on any atom is 0.119 e. The Morgan fingerprint density at radius 3 is 2.47 bits per heavy atom. The van der Waals surface area contributed by atoms with Gasteiger partial charge in [0, 0.05) is 18.7 Å². The van der Waals surface area contributed by atoms with Gasteiger partial charge in [0.15, 0.2) is 0 Å². The predicted octanol–water partition coefficient (Wildman–Crippen LogP) is 6.30. The standard InChI is InChI=1S/C30H39N3O/c1-6-31-22(5)30-29(24-12-10-23(11-13-24)19-33-14-8-7-9-15-33)27(18-32-30)26-17-25(20(2)3)28(34)16-21(26)4/h10-13,16-17,20,31,34H,5-9,14-15,18-19H2,1-4H3. The summed E-state index contributed by atoms with van der Waals surface area (Å²) in [5.74, 6) is 0.618. The second-order valence-corrected chi connectivity index (χ2v) is 9.94. The van der Waals surface area contributed by atoms with Gasteiger partial charge in [0.2, 0.25) is 0 Å². The van der Waals surface area contributed by atoms with Crippen molar-refractivity contribution in [2.75, 3.05) is 26.2 Å². The molecular formula is C30H39N3O. The molecule has 2 aromatic carbocycles. The Hall–Kier alpha value is -2.85. The van der Waals surface area contributed by atoms with E-state index in [1.54, 1.807) is 0 Å². The van der Waals surface area contributed by atoms with Crippen LogP contribution < -0.4 is 5.32 Å². The van der Waals surface area contributed by atoms with Gasteiger partial charge in [0.1, 0.15) is 5.75 Å². The van der Waals surface area contributed by atoms with Crippen molar-refractivity contribution in [3.8, 4) is 5.75 Å². The molecule has 4 rings (SSSR count). The Labute approximate surface area is 205 Å². The summed E-state index contributed by atoms with van der Waals surface area (Å²) in [6.45, 7) is 17.5. The fourth-order valence-electron chi connectivity index (χ4n) is 5.18. The summed E-state index contributed by atoms with van der Waals surface area (Å²) in [5, 5.41) is 13.9. The van der Waals surface area contributed by atoms with E-state index in [-0.39, 0.29) is 5.92 Å². The van der Waals surface area contributed by atoms with Gasteiger partial charge in [-0.2, -0.15) is 0 Å². The van der Waals surface area contributed by atoms with E-state index in [1.807, 2.05) is 6.07 Å². The van der Waals surface area contributed by atoms with E-state index >= 15 is 0 Å². The predicted molar refractivity (Wildman–Crippen MR) is 144 cm³/mol. The zero-order valence-corrected chi connectivity index (χ0v) is 21.2. The zero-order chi connectivity index (χ0) is 24.2. The normalized spacial score (nSPS) is 16.8. The van der Waals surface area contributed by atoms with E-state index in [1.165, 1.54) is 49.1 Å². The van der Waals surface area contributed by atoms with Gasteiger partial charge >= 0.3 is 0 Å². The number of benzene rings is 2. The number of nitrogens with one attached hydrogen (secondary N) is 1. The first-order valence-corrected chi connectivity index (χ1v) is 12.8. The van der Waals surface area contributed by atoms with Crippen LogP contribution in [0.25, 0.3) is 11.1 Å². The van der Waals surface area contributed by atoms with E-state index in [4.69, 9.17) is 4.99 Å². The maximum absolute atomic E-state index is 10.5. The first-order valence-electron chi connectivity index (χ1n) is 12.8. The van der Waals surface area contributed by atoms with Gasteiger partial charge in [-0.15, -0.1) is 0 Å². The smallest absolute Gasteiger partial charge is 0.119 e. The average Bonchev–Trinajstić information content (AvgIpc) is 3.25. The molecule has 2 aliphatic rings. The van der Waals surface area contributed by atoms with E-state index in [2.05, 4.69) is 74.8 Å². The van der Waals surface area contributed by atoms with Gasteiger partial charge in [-0.1, -0.05) is 51.1 Å². The third-order valence-corrected chi connectivity index (χ3v) is 7.03. The molecule has 34 heavy (non-hydrogen) atoms. The van der Waals surface area contributed by atoms with Crippen molar-refractivity contribution in [2.24, 2.45) is 4.99 Å². The number of hydrogen-bond acceptors (Lipinski definition) is 4. The number of aryl methyl sites for hydroxylation is 1. The Kier molecular flexibility index (Phi) is 7.57. The highest BCUT2D eigenvalue weighted by molar-refractivity contribution is 6.38. The number of phenols is 1. The molecule has 1 saturated heterocycles. The monoisotopic (exact) mass is 457 g/mol. The van der Waals surface area contributed by atoms with Crippen molar-refractivity contribution < 1.29 is 5.11 Å². The summed E-state index contributed by atoms with van der Waals surface area (Å²) < 4.78 is 0. The van der Waals surface area contributed by atoms with Gasteiger partial charge < -0.3 is 10.4 Å². The van der Waals surface area contributed by atoms with Gasteiger partial charge in [-0.05, 0) is 91.2 Å². The number of phenolic OH excluding ortho intramolecular Hbond substituents is 1. The molecule has 0 saturated carbocycles. The lowest BCUT2D eigenvalue weighted by atomic mass is 9.87.